The number of rotatable bonds is 6. The van der Waals surface area contributed by atoms with Gasteiger partial charge in [-0.25, -0.2) is 0 Å². The van der Waals surface area contributed by atoms with Crippen LogP contribution in [-0.4, -0.2) is 17.7 Å². The summed E-state index contributed by atoms with van der Waals surface area (Å²) in [6, 6.07) is 18.3. The fourth-order valence-electron chi connectivity index (χ4n) is 3.05. The van der Waals surface area contributed by atoms with E-state index in [2.05, 4.69) is 16.0 Å². The van der Waals surface area contributed by atoms with E-state index in [-0.39, 0.29) is 17.6 Å². The molecule has 166 valence electrons. The Balaban J connectivity index is 1.49. The van der Waals surface area contributed by atoms with Crippen LogP contribution < -0.4 is 16.0 Å². The molecule has 2 aromatic carbocycles. The zero-order chi connectivity index (χ0) is 23.4. The number of amides is 3. The molecule has 0 fully saturated rings. The zero-order valence-corrected chi connectivity index (χ0v) is 18.9. The second kappa shape index (κ2) is 9.72. The topological polar surface area (TPSA) is 100 Å². The number of hydrogen-bond donors (Lipinski definition) is 3. The van der Waals surface area contributed by atoms with Crippen LogP contribution in [0.1, 0.15) is 36.1 Å². The number of benzene rings is 2. The molecule has 0 saturated carbocycles. The van der Waals surface area contributed by atoms with Crippen molar-refractivity contribution in [2.24, 2.45) is 0 Å². The third-order valence-electron chi connectivity index (χ3n) is 4.63. The van der Waals surface area contributed by atoms with E-state index in [0.717, 1.165) is 11.3 Å². The van der Waals surface area contributed by atoms with Crippen LogP contribution in [0.3, 0.4) is 0 Å². The number of aryl methyl sites for hydroxylation is 1. The maximum absolute atomic E-state index is 13.0. The number of anilines is 3. The third-order valence-corrected chi connectivity index (χ3v) is 6.03. The van der Waals surface area contributed by atoms with Gasteiger partial charge in [0.25, 0.3) is 17.7 Å². The van der Waals surface area contributed by atoms with Gasteiger partial charge in [0, 0.05) is 10.7 Å². The summed E-state index contributed by atoms with van der Waals surface area (Å²) in [5.41, 5.74) is 1.94. The van der Waals surface area contributed by atoms with Gasteiger partial charge >= 0.3 is 0 Å². The quantitative estimate of drug-likeness (QED) is 0.313. The number of halogens is 1. The van der Waals surface area contributed by atoms with Gasteiger partial charge in [0.05, 0.1) is 27.4 Å². The Morgan fingerprint density at radius 1 is 0.848 bits per heavy atom. The molecule has 7 nitrogen and oxygen atoms in total. The lowest BCUT2D eigenvalue weighted by Crippen LogP contribution is -2.18. The number of para-hydroxylation sites is 1. The van der Waals surface area contributed by atoms with E-state index >= 15 is 0 Å². The van der Waals surface area contributed by atoms with Crippen molar-refractivity contribution >= 4 is 57.0 Å². The average molecular weight is 480 g/mol. The number of furan rings is 1. The molecule has 0 atom stereocenters. The first-order valence-electron chi connectivity index (χ1n) is 9.83. The molecule has 33 heavy (non-hydrogen) atoms. The highest BCUT2D eigenvalue weighted by molar-refractivity contribution is 7.18. The van der Waals surface area contributed by atoms with Crippen LogP contribution >= 0.6 is 22.9 Å². The highest BCUT2D eigenvalue weighted by Crippen LogP contribution is 2.29. The molecule has 4 rings (SSSR count). The standard InChI is InChI=1S/C24H18ClN3O4S/c1-14-13-20(28-23(30)19-7-4-12-32-19)33-21(14)24(31)27-18-6-3-2-5-17(18)22(29)26-16-10-8-15(25)9-11-16/h2-13H,1H3,(H,26,29)(H,27,31)(H,28,30). The second-order valence-electron chi connectivity index (χ2n) is 7.01. The first-order chi connectivity index (χ1) is 15.9. The summed E-state index contributed by atoms with van der Waals surface area (Å²) < 4.78 is 5.08. The summed E-state index contributed by atoms with van der Waals surface area (Å²) in [6.07, 6.45) is 1.41. The molecule has 4 aromatic rings. The van der Waals surface area contributed by atoms with Crippen molar-refractivity contribution < 1.29 is 18.8 Å². The van der Waals surface area contributed by atoms with Crippen molar-refractivity contribution in [3.63, 3.8) is 0 Å². The summed E-state index contributed by atoms with van der Waals surface area (Å²) in [5.74, 6) is -0.990. The lowest BCUT2D eigenvalue weighted by atomic mass is 10.1. The van der Waals surface area contributed by atoms with Gasteiger partial charge in [0.15, 0.2) is 5.76 Å². The molecule has 0 spiro atoms. The summed E-state index contributed by atoms with van der Waals surface area (Å²) in [6.45, 7) is 1.77. The number of carbonyl (C=O) groups excluding carboxylic acids is 3. The highest BCUT2D eigenvalue weighted by atomic mass is 35.5. The third kappa shape index (κ3) is 5.31. The van der Waals surface area contributed by atoms with Crippen molar-refractivity contribution in [2.45, 2.75) is 6.92 Å². The summed E-state index contributed by atoms with van der Waals surface area (Å²) >= 11 is 7.02. The van der Waals surface area contributed by atoms with Crippen LogP contribution in [0.15, 0.2) is 77.4 Å². The zero-order valence-electron chi connectivity index (χ0n) is 17.3. The number of carbonyl (C=O) groups is 3. The molecule has 0 saturated heterocycles. The van der Waals surface area contributed by atoms with Crippen LogP contribution in [0.2, 0.25) is 5.02 Å². The number of hydrogen-bond acceptors (Lipinski definition) is 5. The predicted molar refractivity (Wildman–Crippen MR) is 130 cm³/mol. The Morgan fingerprint density at radius 2 is 1.61 bits per heavy atom. The van der Waals surface area contributed by atoms with Crippen LogP contribution in [0.4, 0.5) is 16.4 Å². The molecule has 2 aromatic heterocycles. The van der Waals surface area contributed by atoms with Gasteiger partial charge < -0.3 is 20.4 Å². The summed E-state index contributed by atoms with van der Waals surface area (Å²) in [4.78, 5) is 38.4. The van der Waals surface area contributed by atoms with Gasteiger partial charge in [-0.2, -0.15) is 0 Å². The van der Waals surface area contributed by atoms with Crippen molar-refractivity contribution in [1.29, 1.82) is 0 Å². The predicted octanol–water partition coefficient (Wildman–Crippen LogP) is 6.06. The summed E-state index contributed by atoms with van der Waals surface area (Å²) in [5, 5.41) is 9.37. The van der Waals surface area contributed by atoms with E-state index in [1.807, 2.05) is 0 Å². The molecule has 2 heterocycles. The molecule has 0 unspecified atom stereocenters. The molecule has 0 aliphatic heterocycles. The molecule has 0 radical (unpaired) electrons. The minimum absolute atomic E-state index is 0.174. The van der Waals surface area contributed by atoms with Gasteiger partial charge in [-0.1, -0.05) is 23.7 Å². The van der Waals surface area contributed by atoms with Crippen LogP contribution in [0.25, 0.3) is 0 Å². The van der Waals surface area contributed by atoms with E-state index < -0.39 is 5.91 Å². The maximum atomic E-state index is 13.0. The smallest absolute Gasteiger partial charge is 0.291 e. The maximum Gasteiger partial charge on any atom is 0.291 e. The minimum Gasteiger partial charge on any atom is -0.459 e. The normalized spacial score (nSPS) is 10.5. The molecule has 3 amide bonds. The van der Waals surface area contributed by atoms with Crippen LogP contribution in [0.5, 0.6) is 0 Å². The highest BCUT2D eigenvalue weighted by Gasteiger charge is 2.19. The summed E-state index contributed by atoms with van der Waals surface area (Å²) in [7, 11) is 0. The van der Waals surface area contributed by atoms with Gasteiger partial charge in [-0.15, -0.1) is 11.3 Å². The molecule has 0 aliphatic carbocycles. The average Bonchev–Trinajstić information content (AvgIpc) is 3.46. The molecule has 3 N–H and O–H groups in total. The van der Waals surface area contributed by atoms with Gasteiger partial charge in [-0.3, -0.25) is 14.4 Å². The lowest BCUT2D eigenvalue weighted by molar-refractivity contribution is 0.0993. The van der Waals surface area contributed by atoms with E-state index in [1.54, 1.807) is 73.7 Å². The van der Waals surface area contributed by atoms with Gasteiger partial charge in [0.2, 0.25) is 0 Å². The molecular formula is C24H18ClN3O4S. The van der Waals surface area contributed by atoms with Crippen LogP contribution in [-0.2, 0) is 0 Å². The largest absolute Gasteiger partial charge is 0.459 e. The van der Waals surface area contributed by atoms with Crippen molar-refractivity contribution in [2.75, 3.05) is 16.0 Å². The van der Waals surface area contributed by atoms with Crippen molar-refractivity contribution in [3.8, 4) is 0 Å². The Bertz CT molecular complexity index is 1310. The SMILES string of the molecule is Cc1cc(NC(=O)c2ccco2)sc1C(=O)Nc1ccccc1C(=O)Nc1ccc(Cl)cc1. The molecule has 0 bridgehead atoms. The van der Waals surface area contributed by atoms with Crippen molar-refractivity contribution in [3.05, 3.63) is 99.8 Å². The van der Waals surface area contributed by atoms with Gasteiger partial charge in [0.1, 0.15) is 0 Å². The number of thiophene rings is 1. The second-order valence-corrected chi connectivity index (χ2v) is 8.50. The Labute approximate surface area is 198 Å². The van der Waals surface area contributed by atoms with E-state index in [9.17, 15) is 14.4 Å². The fraction of sp³-hybridized carbons (Fsp3) is 0.0417. The Kier molecular flexibility index (Phi) is 6.58. The fourth-order valence-corrected chi connectivity index (χ4v) is 4.14. The van der Waals surface area contributed by atoms with E-state index in [0.29, 0.717) is 37.4 Å². The first-order valence-corrected chi connectivity index (χ1v) is 11.0. The van der Waals surface area contributed by atoms with E-state index in [1.165, 1.54) is 6.26 Å². The Hall–Kier alpha value is -3.88. The monoisotopic (exact) mass is 479 g/mol. The lowest BCUT2D eigenvalue weighted by Gasteiger charge is -2.11. The first kappa shape index (κ1) is 22.3. The van der Waals surface area contributed by atoms with Crippen LogP contribution in [0, 0.1) is 6.92 Å². The number of nitrogens with one attached hydrogen (secondary N) is 3. The Morgan fingerprint density at radius 3 is 2.33 bits per heavy atom. The van der Waals surface area contributed by atoms with Crippen molar-refractivity contribution in [1.82, 2.24) is 0 Å². The molecule has 0 aliphatic rings. The van der Waals surface area contributed by atoms with E-state index in [4.69, 9.17) is 16.0 Å². The minimum atomic E-state index is -0.405. The van der Waals surface area contributed by atoms with Gasteiger partial charge in [-0.05, 0) is 67.1 Å². The molecule has 9 heteroatoms. The molecular weight excluding hydrogens is 462 g/mol.